The van der Waals surface area contributed by atoms with Gasteiger partial charge in [-0.25, -0.2) is 0 Å². The Balaban J connectivity index is 2.30. The van der Waals surface area contributed by atoms with Gasteiger partial charge in [0.05, 0.1) is 5.56 Å². The van der Waals surface area contributed by atoms with Crippen LogP contribution in [-0.2, 0) is 6.18 Å². The highest BCUT2D eigenvalue weighted by Gasteiger charge is 2.40. The summed E-state index contributed by atoms with van der Waals surface area (Å²) in [5.74, 6) is 0. The summed E-state index contributed by atoms with van der Waals surface area (Å²) >= 11 is 0. The molecule has 82 valence electrons. The van der Waals surface area contributed by atoms with Crippen molar-refractivity contribution < 1.29 is 13.2 Å². The lowest BCUT2D eigenvalue weighted by Gasteiger charge is -2.18. The number of nitrogens with one attached hydrogen (secondary N) is 1. The van der Waals surface area contributed by atoms with Crippen molar-refractivity contribution in [2.45, 2.75) is 31.5 Å². The van der Waals surface area contributed by atoms with Crippen LogP contribution in [-0.4, -0.2) is 5.54 Å². The van der Waals surface area contributed by atoms with E-state index in [1.165, 1.54) is 12.1 Å². The molecule has 4 heteroatoms. The summed E-state index contributed by atoms with van der Waals surface area (Å²) in [5.41, 5.74) is -0.537. The Morgan fingerprint density at radius 1 is 1.20 bits per heavy atom. The number of alkyl halides is 3. The Labute approximate surface area is 86.3 Å². The standard InChI is InChI=1S/C11H12F3N/c1-10(6-7-10)15-9-5-3-2-4-8(9)11(12,13)14/h2-5,15H,6-7H2,1H3. The minimum atomic E-state index is -4.28. The van der Waals surface area contributed by atoms with E-state index < -0.39 is 11.7 Å². The first-order valence-electron chi connectivity index (χ1n) is 4.85. The minimum Gasteiger partial charge on any atom is -0.379 e. The highest BCUT2D eigenvalue weighted by molar-refractivity contribution is 5.55. The molecule has 1 aliphatic carbocycles. The van der Waals surface area contributed by atoms with Crippen molar-refractivity contribution in [2.24, 2.45) is 0 Å². The summed E-state index contributed by atoms with van der Waals surface area (Å²) in [7, 11) is 0. The van der Waals surface area contributed by atoms with Gasteiger partial charge in [0.1, 0.15) is 0 Å². The summed E-state index contributed by atoms with van der Waals surface area (Å²) in [6.07, 6.45) is -2.42. The van der Waals surface area contributed by atoms with Gasteiger partial charge in [0.2, 0.25) is 0 Å². The SMILES string of the molecule is CC1(Nc2ccccc2C(F)(F)F)CC1. The van der Waals surface area contributed by atoms with Crippen LogP contribution >= 0.6 is 0 Å². The summed E-state index contributed by atoms with van der Waals surface area (Å²) in [5, 5.41) is 2.95. The highest BCUT2D eigenvalue weighted by atomic mass is 19.4. The third kappa shape index (κ3) is 2.25. The van der Waals surface area contributed by atoms with Gasteiger partial charge in [-0.2, -0.15) is 13.2 Å². The van der Waals surface area contributed by atoms with Gasteiger partial charge in [-0.1, -0.05) is 12.1 Å². The fourth-order valence-corrected chi connectivity index (χ4v) is 1.48. The van der Waals surface area contributed by atoms with E-state index in [0.717, 1.165) is 18.9 Å². The molecule has 0 spiro atoms. The maximum atomic E-state index is 12.6. The monoisotopic (exact) mass is 215 g/mol. The van der Waals surface area contributed by atoms with Gasteiger partial charge < -0.3 is 5.32 Å². The molecule has 1 nitrogen and oxygen atoms in total. The molecule has 1 aromatic carbocycles. The lowest BCUT2D eigenvalue weighted by molar-refractivity contribution is -0.137. The van der Waals surface area contributed by atoms with Crippen LogP contribution in [0.1, 0.15) is 25.3 Å². The van der Waals surface area contributed by atoms with Crippen molar-refractivity contribution in [3.63, 3.8) is 0 Å². The number of rotatable bonds is 2. The predicted octanol–water partition coefficient (Wildman–Crippen LogP) is 3.67. The van der Waals surface area contributed by atoms with Crippen LogP contribution in [0, 0.1) is 0 Å². The molecule has 15 heavy (non-hydrogen) atoms. The van der Waals surface area contributed by atoms with E-state index in [9.17, 15) is 13.2 Å². The van der Waals surface area contributed by atoms with Crippen molar-refractivity contribution in [2.75, 3.05) is 5.32 Å². The fourth-order valence-electron chi connectivity index (χ4n) is 1.48. The van der Waals surface area contributed by atoms with E-state index in [2.05, 4.69) is 5.32 Å². The summed E-state index contributed by atoms with van der Waals surface area (Å²) in [6.45, 7) is 1.93. The average Bonchev–Trinajstić information content (AvgIpc) is 2.82. The van der Waals surface area contributed by atoms with Crippen molar-refractivity contribution in [1.29, 1.82) is 0 Å². The smallest absolute Gasteiger partial charge is 0.379 e. The predicted molar refractivity (Wildman–Crippen MR) is 52.7 cm³/mol. The Hall–Kier alpha value is -1.19. The van der Waals surface area contributed by atoms with E-state index in [1.54, 1.807) is 6.07 Å². The topological polar surface area (TPSA) is 12.0 Å². The third-order valence-electron chi connectivity index (χ3n) is 2.67. The van der Waals surface area contributed by atoms with Crippen molar-refractivity contribution in [3.8, 4) is 0 Å². The molecule has 1 saturated carbocycles. The first-order chi connectivity index (χ1) is 6.91. The third-order valence-corrected chi connectivity index (χ3v) is 2.67. The molecule has 0 unspecified atom stereocenters. The van der Waals surface area contributed by atoms with Crippen molar-refractivity contribution in [1.82, 2.24) is 0 Å². The van der Waals surface area contributed by atoms with Gasteiger partial charge in [0.25, 0.3) is 0 Å². The molecule has 0 saturated heterocycles. The number of halogens is 3. The number of para-hydroxylation sites is 1. The van der Waals surface area contributed by atoms with Crippen LogP contribution in [0.4, 0.5) is 18.9 Å². The van der Waals surface area contributed by atoms with Gasteiger partial charge in [0.15, 0.2) is 0 Å². The van der Waals surface area contributed by atoms with Crippen molar-refractivity contribution in [3.05, 3.63) is 29.8 Å². The molecule has 1 fully saturated rings. The van der Waals surface area contributed by atoms with Gasteiger partial charge in [-0.3, -0.25) is 0 Å². The molecule has 1 aromatic rings. The molecule has 1 N–H and O–H groups in total. The lowest BCUT2D eigenvalue weighted by atomic mass is 10.1. The number of benzene rings is 1. The lowest BCUT2D eigenvalue weighted by Crippen LogP contribution is -2.19. The second-order valence-electron chi connectivity index (χ2n) is 4.23. The molecule has 0 aliphatic heterocycles. The zero-order valence-corrected chi connectivity index (χ0v) is 8.36. The van der Waals surface area contributed by atoms with E-state index in [4.69, 9.17) is 0 Å². The zero-order chi connectivity index (χ0) is 11.1. The molecule has 0 aromatic heterocycles. The molecule has 1 aliphatic rings. The van der Waals surface area contributed by atoms with Crippen molar-refractivity contribution >= 4 is 5.69 Å². The maximum absolute atomic E-state index is 12.6. The Morgan fingerprint density at radius 3 is 2.33 bits per heavy atom. The second-order valence-corrected chi connectivity index (χ2v) is 4.23. The number of hydrogen-bond donors (Lipinski definition) is 1. The average molecular weight is 215 g/mol. The fraction of sp³-hybridized carbons (Fsp3) is 0.455. The van der Waals surface area contributed by atoms with E-state index in [0.29, 0.717) is 0 Å². The molecule has 0 atom stereocenters. The molecular formula is C11H12F3N. The van der Waals surface area contributed by atoms with Gasteiger partial charge in [-0.15, -0.1) is 0 Å². The Kier molecular flexibility index (Phi) is 2.17. The number of anilines is 1. The zero-order valence-electron chi connectivity index (χ0n) is 8.36. The van der Waals surface area contributed by atoms with E-state index in [1.807, 2.05) is 6.92 Å². The second kappa shape index (κ2) is 3.15. The normalized spacial score (nSPS) is 18.7. The molecule has 0 bridgehead atoms. The van der Waals surface area contributed by atoms with Crippen LogP contribution in [0.2, 0.25) is 0 Å². The van der Waals surface area contributed by atoms with Crippen LogP contribution in [0.3, 0.4) is 0 Å². The Bertz CT molecular complexity index is 366. The quantitative estimate of drug-likeness (QED) is 0.793. The van der Waals surface area contributed by atoms with E-state index >= 15 is 0 Å². The Morgan fingerprint density at radius 2 is 1.80 bits per heavy atom. The highest BCUT2D eigenvalue weighted by Crippen LogP contribution is 2.42. The summed E-state index contributed by atoms with van der Waals surface area (Å²) in [6, 6.07) is 5.60. The number of hydrogen-bond acceptors (Lipinski definition) is 1. The maximum Gasteiger partial charge on any atom is 0.418 e. The molecule has 0 heterocycles. The van der Waals surface area contributed by atoms with Crippen LogP contribution in [0.15, 0.2) is 24.3 Å². The molecule has 0 amide bonds. The van der Waals surface area contributed by atoms with Gasteiger partial charge in [0, 0.05) is 11.2 Å². The van der Waals surface area contributed by atoms with Crippen LogP contribution in [0.5, 0.6) is 0 Å². The van der Waals surface area contributed by atoms with Crippen LogP contribution in [0.25, 0.3) is 0 Å². The summed E-state index contributed by atoms with van der Waals surface area (Å²) < 4.78 is 37.8. The van der Waals surface area contributed by atoms with Crippen LogP contribution < -0.4 is 5.32 Å². The minimum absolute atomic E-state index is 0.138. The molecule has 0 radical (unpaired) electrons. The summed E-state index contributed by atoms with van der Waals surface area (Å²) in [4.78, 5) is 0. The first-order valence-corrected chi connectivity index (χ1v) is 4.85. The van der Waals surface area contributed by atoms with Gasteiger partial charge >= 0.3 is 6.18 Å². The largest absolute Gasteiger partial charge is 0.418 e. The molecule has 2 rings (SSSR count). The first kappa shape index (κ1) is 10.3. The van der Waals surface area contributed by atoms with E-state index in [-0.39, 0.29) is 11.2 Å². The molecular weight excluding hydrogens is 203 g/mol. The van der Waals surface area contributed by atoms with Gasteiger partial charge in [-0.05, 0) is 31.9 Å².